The number of aryl methyl sites for hydroxylation is 6. The molecule has 0 N–H and O–H groups in total. The Morgan fingerprint density at radius 2 is 0.424 bits per heavy atom. The lowest BCUT2D eigenvalue weighted by molar-refractivity contribution is 0.347. The van der Waals surface area contributed by atoms with Crippen molar-refractivity contribution in [1.82, 2.24) is 47.8 Å². The molecule has 0 bridgehead atoms. The highest BCUT2D eigenvalue weighted by Crippen LogP contribution is 2.49. The van der Waals surface area contributed by atoms with E-state index >= 15 is 0 Å². The molecule has 0 saturated carbocycles. The van der Waals surface area contributed by atoms with Gasteiger partial charge < -0.3 is 22.8 Å². The molecule has 9 rings (SSSR count). The number of aromatic nitrogens is 10. The molecule has 7 aromatic heterocycles. The second-order valence-electron chi connectivity index (χ2n) is 60.2. The average molecular weight is 1920 g/mol. The summed E-state index contributed by atoms with van der Waals surface area (Å²) in [6.45, 7) is 166. The van der Waals surface area contributed by atoms with Gasteiger partial charge in [-0.05, 0) is 354 Å². The van der Waals surface area contributed by atoms with Crippen LogP contribution >= 0.6 is 0 Å². The third-order valence-corrected chi connectivity index (χ3v) is 27.6. The van der Waals surface area contributed by atoms with Crippen molar-refractivity contribution in [2.45, 2.75) is 602 Å². The fraction of sp³-hybridized carbons (Fsp3) is 0.729. The highest BCUT2D eigenvalue weighted by molar-refractivity contribution is 5.50. The quantitative estimate of drug-likeness (QED) is 0.151. The van der Waals surface area contributed by atoms with Gasteiger partial charge in [0.05, 0.1) is 17.1 Å². The first-order chi connectivity index (χ1) is 60.8. The monoisotopic (exact) mass is 1920 g/mol. The summed E-state index contributed by atoms with van der Waals surface area (Å²) < 4.78 is 12.1. The van der Waals surface area contributed by atoms with Crippen LogP contribution in [0.3, 0.4) is 0 Å². The Kier molecular flexibility index (Phi) is 41.7. The van der Waals surface area contributed by atoms with E-state index in [9.17, 15) is 0 Å². The summed E-state index contributed by atoms with van der Waals surface area (Å²) in [6.07, 6.45) is 7.06. The number of nitrogens with zero attached hydrogens (tertiary/aromatic N) is 10. The van der Waals surface area contributed by atoms with Gasteiger partial charge in [0, 0.05) is 128 Å². The largest absolute Gasteiger partial charge is 0.343 e. The molecule has 794 valence electrons. The van der Waals surface area contributed by atoms with Gasteiger partial charge in [0.15, 0.2) is 0 Å². The summed E-state index contributed by atoms with van der Waals surface area (Å²) in [7, 11) is 0. The SMILES string of the molecule is CC1=CCC(C(C)(C)C)=C1C(C)(C)C.CC1=CCC(C(C)(C)C)=C1C(C)(C)C.Cc1c(C)c(C(C)(C)C)n(C(C)(C)C)c1C.Cc1c(C)c(C(C)(C)C)n(C(C)(C)C)c1C.Cc1nc(C(C)(C)C)c(C(C)(C)C)c(C)c1C.Cc1nc(C(C)(C)C)c(C(C)(C)C)c(C)c1C.Cc1nc(C(C)(C)C)n(C(C)(C)C)c1C.Cc1nc(C(C)(C)C)n(C(C)(C)C)c1C.Cc1nc(C)n(C(C)(C)C)c1C(C)(C)C. The van der Waals surface area contributed by atoms with Gasteiger partial charge in [-0.2, -0.15) is 0 Å². The van der Waals surface area contributed by atoms with E-state index < -0.39 is 0 Å². The zero-order valence-electron chi connectivity index (χ0n) is 107. The van der Waals surface area contributed by atoms with E-state index in [1.54, 1.807) is 22.3 Å². The van der Waals surface area contributed by atoms with Crippen molar-refractivity contribution < 1.29 is 0 Å². The molecule has 2 aliphatic carbocycles. The van der Waals surface area contributed by atoms with Crippen molar-refractivity contribution in [1.29, 1.82) is 0 Å². The molecule has 10 heteroatoms. The maximum absolute atomic E-state index is 4.87. The number of allylic oxidation sites excluding steroid dienone is 8. The van der Waals surface area contributed by atoms with Crippen LogP contribution in [0.25, 0.3) is 0 Å². The predicted molar refractivity (Wildman–Crippen MR) is 621 cm³/mol. The van der Waals surface area contributed by atoms with Crippen LogP contribution in [0.5, 0.6) is 0 Å². The normalized spacial score (nSPS) is 14.4. The van der Waals surface area contributed by atoms with E-state index in [1.165, 1.54) is 141 Å². The van der Waals surface area contributed by atoms with Crippen LogP contribution in [0.15, 0.2) is 45.6 Å². The van der Waals surface area contributed by atoms with Gasteiger partial charge in [-0.3, -0.25) is 9.97 Å². The van der Waals surface area contributed by atoms with Gasteiger partial charge in [0.1, 0.15) is 17.5 Å². The lowest BCUT2D eigenvalue weighted by Crippen LogP contribution is -2.30. The van der Waals surface area contributed by atoms with Gasteiger partial charge in [-0.15, -0.1) is 0 Å². The number of pyridine rings is 2. The molecule has 0 aromatic carbocycles. The third-order valence-electron chi connectivity index (χ3n) is 27.6. The third kappa shape index (κ3) is 33.8. The minimum atomic E-state index is 0.103. The standard InChI is InChI=1S/2C16H27N.2C15H27N.2C14H24.3C13H24N2/c2*1-10-11(2)13(15(4,5)6)14(16(7,8)9)17-12(10)3;2*1-10-11(2)13(14(4,5)6)16(12(10)3)15(7,8)9;2*1-10-8-9-11(13(2,3)4)12(10)14(5,6)7;1-9-11(12(3,4)5)15(10(2)14-9)13(6,7)8;2*1-9-10(2)15(13(6,7)8)11(14-9)12(3,4)5/h2*1-9H3;2*1-9H3;2*8H,9H2,1-7H3;3*1-8H3. The van der Waals surface area contributed by atoms with E-state index in [4.69, 9.17) is 19.9 Å². The van der Waals surface area contributed by atoms with Crippen LogP contribution in [-0.4, -0.2) is 47.8 Å². The molecular weight excluding hydrogens is 1690 g/mol. The van der Waals surface area contributed by atoms with E-state index in [1.807, 2.05) is 0 Å². The van der Waals surface area contributed by atoms with E-state index in [0.717, 1.165) is 35.7 Å². The zero-order chi connectivity index (χ0) is 111. The number of hydrogen-bond donors (Lipinski definition) is 0. The average Bonchev–Trinajstić information content (AvgIpc) is 1.58. The topological polar surface area (TPSA) is 89.1 Å². The molecule has 0 fully saturated rings. The molecule has 0 radical (unpaired) electrons. The van der Waals surface area contributed by atoms with Crippen molar-refractivity contribution in [2.24, 2.45) is 21.7 Å². The molecule has 139 heavy (non-hydrogen) atoms. The van der Waals surface area contributed by atoms with Crippen LogP contribution in [0.2, 0.25) is 0 Å². The fourth-order valence-corrected chi connectivity index (χ4v) is 21.3. The first-order valence-corrected chi connectivity index (χ1v) is 53.2. The Hall–Kier alpha value is -6.55. The van der Waals surface area contributed by atoms with Gasteiger partial charge in [0.25, 0.3) is 0 Å². The van der Waals surface area contributed by atoms with E-state index in [0.29, 0.717) is 21.7 Å². The maximum atomic E-state index is 4.87. The van der Waals surface area contributed by atoms with Crippen LogP contribution in [-0.2, 0) is 76.4 Å². The molecule has 2 aliphatic rings. The molecule has 7 aromatic rings. The van der Waals surface area contributed by atoms with Crippen LogP contribution in [0, 0.1) is 146 Å². The van der Waals surface area contributed by atoms with E-state index in [-0.39, 0.29) is 76.4 Å². The Balaban J connectivity index is 0.000000782. The number of imidazole rings is 3. The number of rotatable bonds is 0. The first-order valence-electron chi connectivity index (χ1n) is 53.2. The van der Waals surface area contributed by atoms with Crippen molar-refractivity contribution in [3.05, 3.63) is 198 Å². The molecule has 0 atom stereocenters. The summed E-state index contributed by atoms with van der Waals surface area (Å²) in [6, 6.07) is 0. The van der Waals surface area contributed by atoms with Gasteiger partial charge in [-0.25, -0.2) is 15.0 Å². The van der Waals surface area contributed by atoms with Gasteiger partial charge >= 0.3 is 0 Å². The Morgan fingerprint density at radius 3 is 0.583 bits per heavy atom. The van der Waals surface area contributed by atoms with Crippen molar-refractivity contribution in [3.63, 3.8) is 0 Å². The summed E-state index contributed by atoms with van der Waals surface area (Å²) in [5.74, 6) is 3.49. The molecule has 0 amide bonds. The minimum absolute atomic E-state index is 0.103. The first kappa shape index (κ1) is 130. The minimum Gasteiger partial charge on any atom is -0.343 e. The fourth-order valence-electron chi connectivity index (χ4n) is 21.3. The van der Waals surface area contributed by atoms with Crippen molar-refractivity contribution in [3.8, 4) is 0 Å². The number of hydrogen-bond acceptors (Lipinski definition) is 5. The Labute approximate surface area is 863 Å². The van der Waals surface area contributed by atoms with Gasteiger partial charge in [-0.1, -0.05) is 304 Å². The van der Waals surface area contributed by atoms with Crippen molar-refractivity contribution in [2.75, 3.05) is 0 Å². The molecule has 0 unspecified atom stereocenters. The van der Waals surface area contributed by atoms with Crippen LogP contribution < -0.4 is 0 Å². The smallest absolute Gasteiger partial charge is 0.115 e. The highest BCUT2D eigenvalue weighted by atomic mass is 15.2. The maximum Gasteiger partial charge on any atom is 0.115 e. The predicted octanol–water partition coefficient (Wildman–Crippen LogP) is 38.2. The van der Waals surface area contributed by atoms with E-state index in [2.05, 4.69) is 552 Å². The summed E-state index contributed by atoms with van der Waals surface area (Å²) in [5.41, 5.74) is 44.7. The van der Waals surface area contributed by atoms with Crippen molar-refractivity contribution >= 4 is 0 Å². The molecular formula is C129H228N10. The summed E-state index contributed by atoms with van der Waals surface area (Å²) in [5, 5.41) is 0. The molecule has 0 saturated heterocycles. The molecule has 0 aliphatic heterocycles. The molecule has 10 nitrogen and oxygen atoms in total. The second-order valence-corrected chi connectivity index (χ2v) is 60.2. The van der Waals surface area contributed by atoms with Gasteiger partial charge in [0.2, 0.25) is 0 Å². The summed E-state index contributed by atoms with van der Waals surface area (Å²) in [4.78, 5) is 23.8. The lowest BCUT2D eigenvalue weighted by Gasteiger charge is -2.32. The molecule has 7 heterocycles. The summed E-state index contributed by atoms with van der Waals surface area (Å²) >= 11 is 0. The second kappa shape index (κ2) is 44.4. The lowest BCUT2D eigenvalue weighted by atomic mass is 9.75. The zero-order valence-corrected chi connectivity index (χ0v) is 107. The highest BCUT2D eigenvalue weighted by Gasteiger charge is 2.39. The Bertz CT molecular complexity index is 5020. The van der Waals surface area contributed by atoms with Crippen LogP contribution in [0.1, 0.15) is 553 Å². The van der Waals surface area contributed by atoms with Crippen LogP contribution in [0.4, 0.5) is 0 Å². The molecule has 0 spiro atoms. The Morgan fingerprint density at radius 1 is 0.187 bits per heavy atom.